The number of aryl methyl sites for hydroxylation is 1. The van der Waals surface area contributed by atoms with Crippen LogP contribution in [0.4, 0.5) is 0 Å². The van der Waals surface area contributed by atoms with E-state index in [1.165, 1.54) is 17.5 Å². The van der Waals surface area contributed by atoms with E-state index in [4.69, 9.17) is 9.47 Å². The molecule has 1 aromatic rings. The van der Waals surface area contributed by atoms with Crippen molar-refractivity contribution in [2.75, 3.05) is 19.8 Å². The number of hydrogen-bond donors (Lipinski definition) is 1. The number of ether oxygens (including phenoxy) is 2. The molecule has 0 aromatic heterocycles. The van der Waals surface area contributed by atoms with Crippen molar-refractivity contribution in [3.05, 3.63) is 29.3 Å². The normalized spacial score (nSPS) is 26.2. The van der Waals surface area contributed by atoms with Crippen LogP contribution >= 0.6 is 0 Å². The highest BCUT2D eigenvalue weighted by Gasteiger charge is 2.22. The lowest BCUT2D eigenvalue weighted by molar-refractivity contribution is 0.00740. The Bertz CT molecular complexity index is 427. The molecule has 2 atom stereocenters. The van der Waals surface area contributed by atoms with Gasteiger partial charge < -0.3 is 14.8 Å². The average Bonchev–Trinajstić information content (AvgIpc) is 2.83. The second-order valence-corrected chi connectivity index (χ2v) is 5.47. The van der Waals surface area contributed by atoms with Gasteiger partial charge in [-0.25, -0.2) is 0 Å². The van der Waals surface area contributed by atoms with Crippen LogP contribution in [0.1, 0.15) is 43.4 Å². The van der Waals surface area contributed by atoms with Gasteiger partial charge in [-0.2, -0.15) is 0 Å². The Labute approximate surface area is 115 Å². The molecule has 1 saturated heterocycles. The number of nitrogens with one attached hydrogen (secondary N) is 1. The van der Waals surface area contributed by atoms with Crippen molar-refractivity contribution in [2.45, 2.75) is 44.8 Å². The van der Waals surface area contributed by atoms with Gasteiger partial charge in [0.1, 0.15) is 11.9 Å². The fraction of sp³-hybridized carbons (Fsp3) is 0.625. The second-order valence-electron chi connectivity index (χ2n) is 5.47. The molecular formula is C16H23NO2. The number of hydrogen-bond acceptors (Lipinski definition) is 3. The van der Waals surface area contributed by atoms with Crippen LogP contribution in [-0.2, 0) is 11.2 Å². The summed E-state index contributed by atoms with van der Waals surface area (Å²) in [7, 11) is 0. The van der Waals surface area contributed by atoms with E-state index in [0.717, 1.165) is 44.8 Å². The summed E-state index contributed by atoms with van der Waals surface area (Å²) in [5, 5.41) is 3.54. The van der Waals surface area contributed by atoms with Crippen LogP contribution < -0.4 is 10.1 Å². The van der Waals surface area contributed by atoms with E-state index in [-0.39, 0.29) is 6.10 Å². The fourth-order valence-electron chi connectivity index (χ4n) is 3.12. The standard InChI is InChI=1S/C16H23NO2/c1-2-17-16-8-5-12-10-13(6-7-15(12)16)19-14-4-3-9-18-11-14/h6-7,10,14,16-17H,2-5,8-9,11H2,1H3. The summed E-state index contributed by atoms with van der Waals surface area (Å²) < 4.78 is 11.5. The molecule has 0 spiro atoms. The number of rotatable bonds is 4. The molecule has 0 amide bonds. The first kappa shape index (κ1) is 12.9. The van der Waals surface area contributed by atoms with Crippen molar-refractivity contribution in [1.29, 1.82) is 0 Å². The van der Waals surface area contributed by atoms with Crippen LogP contribution in [0.25, 0.3) is 0 Å². The Morgan fingerprint density at radius 1 is 1.37 bits per heavy atom. The molecule has 1 aliphatic heterocycles. The first-order valence-electron chi connectivity index (χ1n) is 7.47. The Kier molecular flexibility index (Phi) is 4.04. The average molecular weight is 261 g/mol. The second kappa shape index (κ2) is 5.93. The van der Waals surface area contributed by atoms with Crippen LogP contribution in [0, 0.1) is 0 Å². The Morgan fingerprint density at radius 2 is 2.32 bits per heavy atom. The molecule has 19 heavy (non-hydrogen) atoms. The highest BCUT2D eigenvalue weighted by Crippen LogP contribution is 2.33. The molecule has 2 unspecified atom stereocenters. The summed E-state index contributed by atoms with van der Waals surface area (Å²) in [6, 6.07) is 7.10. The zero-order chi connectivity index (χ0) is 13.1. The lowest BCUT2D eigenvalue weighted by Crippen LogP contribution is -2.28. The summed E-state index contributed by atoms with van der Waals surface area (Å²) in [4.78, 5) is 0. The molecule has 3 heteroatoms. The molecule has 104 valence electrons. The summed E-state index contributed by atoms with van der Waals surface area (Å²) in [5.41, 5.74) is 2.90. The predicted octanol–water partition coefficient (Wildman–Crippen LogP) is 2.84. The third-order valence-electron chi connectivity index (χ3n) is 4.06. The monoisotopic (exact) mass is 261 g/mol. The summed E-state index contributed by atoms with van der Waals surface area (Å²) in [6.07, 6.45) is 4.82. The van der Waals surface area contributed by atoms with E-state index in [9.17, 15) is 0 Å². The van der Waals surface area contributed by atoms with Gasteiger partial charge in [0.2, 0.25) is 0 Å². The molecule has 0 bridgehead atoms. The molecule has 0 radical (unpaired) electrons. The molecule has 1 fully saturated rings. The molecule has 3 nitrogen and oxygen atoms in total. The maximum absolute atomic E-state index is 6.03. The lowest BCUT2D eigenvalue weighted by Gasteiger charge is -2.23. The molecule has 1 aromatic carbocycles. The highest BCUT2D eigenvalue weighted by atomic mass is 16.5. The first-order chi connectivity index (χ1) is 9.36. The molecule has 0 saturated carbocycles. The first-order valence-corrected chi connectivity index (χ1v) is 7.47. The molecule has 1 heterocycles. The lowest BCUT2D eigenvalue weighted by atomic mass is 10.1. The third kappa shape index (κ3) is 2.93. The topological polar surface area (TPSA) is 30.5 Å². The summed E-state index contributed by atoms with van der Waals surface area (Å²) >= 11 is 0. The van der Waals surface area contributed by atoms with Gasteiger partial charge in [-0.3, -0.25) is 0 Å². The van der Waals surface area contributed by atoms with E-state index in [0.29, 0.717) is 6.04 Å². The zero-order valence-electron chi connectivity index (χ0n) is 11.7. The van der Waals surface area contributed by atoms with Crippen molar-refractivity contribution in [2.24, 2.45) is 0 Å². The van der Waals surface area contributed by atoms with Crippen molar-refractivity contribution in [3.8, 4) is 5.75 Å². The number of fused-ring (bicyclic) bond motifs is 1. The quantitative estimate of drug-likeness (QED) is 0.904. The maximum Gasteiger partial charge on any atom is 0.122 e. The van der Waals surface area contributed by atoms with Gasteiger partial charge in [-0.1, -0.05) is 13.0 Å². The van der Waals surface area contributed by atoms with Crippen molar-refractivity contribution in [1.82, 2.24) is 5.32 Å². The van der Waals surface area contributed by atoms with Gasteiger partial charge in [0.25, 0.3) is 0 Å². The van der Waals surface area contributed by atoms with E-state index < -0.39 is 0 Å². The zero-order valence-corrected chi connectivity index (χ0v) is 11.7. The summed E-state index contributed by atoms with van der Waals surface area (Å²) in [6.45, 7) is 4.81. The largest absolute Gasteiger partial charge is 0.488 e. The van der Waals surface area contributed by atoms with E-state index in [1.54, 1.807) is 0 Å². The van der Waals surface area contributed by atoms with Gasteiger partial charge in [-0.05, 0) is 55.5 Å². The smallest absolute Gasteiger partial charge is 0.122 e. The third-order valence-corrected chi connectivity index (χ3v) is 4.06. The Hall–Kier alpha value is -1.06. The Morgan fingerprint density at radius 3 is 3.11 bits per heavy atom. The fourth-order valence-corrected chi connectivity index (χ4v) is 3.12. The van der Waals surface area contributed by atoms with Gasteiger partial charge in [0.15, 0.2) is 0 Å². The van der Waals surface area contributed by atoms with Gasteiger partial charge >= 0.3 is 0 Å². The van der Waals surface area contributed by atoms with Crippen LogP contribution in [-0.4, -0.2) is 25.9 Å². The number of benzene rings is 1. The minimum absolute atomic E-state index is 0.234. The molecular weight excluding hydrogens is 238 g/mol. The van der Waals surface area contributed by atoms with Crippen molar-refractivity contribution < 1.29 is 9.47 Å². The minimum atomic E-state index is 0.234. The van der Waals surface area contributed by atoms with Crippen LogP contribution in [0.15, 0.2) is 18.2 Å². The van der Waals surface area contributed by atoms with Crippen LogP contribution in [0.2, 0.25) is 0 Å². The van der Waals surface area contributed by atoms with Gasteiger partial charge in [-0.15, -0.1) is 0 Å². The maximum atomic E-state index is 6.03. The summed E-state index contributed by atoms with van der Waals surface area (Å²) in [5.74, 6) is 1.01. The van der Waals surface area contributed by atoms with Crippen molar-refractivity contribution >= 4 is 0 Å². The van der Waals surface area contributed by atoms with Gasteiger partial charge in [0.05, 0.1) is 6.61 Å². The Balaban J connectivity index is 1.68. The SMILES string of the molecule is CCNC1CCc2cc(OC3CCCOC3)ccc21. The molecule has 1 aliphatic carbocycles. The molecule has 2 aliphatic rings. The van der Waals surface area contributed by atoms with Crippen LogP contribution in [0.3, 0.4) is 0 Å². The predicted molar refractivity (Wildman–Crippen MR) is 75.6 cm³/mol. The highest BCUT2D eigenvalue weighted by molar-refractivity contribution is 5.40. The van der Waals surface area contributed by atoms with E-state index in [1.807, 2.05) is 0 Å². The van der Waals surface area contributed by atoms with Crippen LogP contribution in [0.5, 0.6) is 5.75 Å². The van der Waals surface area contributed by atoms with Gasteiger partial charge in [0, 0.05) is 12.6 Å². The van der Waals surface area contributed by atoms with E-state index >= 15 is 0 Å². The minimum Gasteiger partial charge on any atom is -0.488 e. The molecule has 1 N–H and O–H groups in total. The van der Waals surface area contributed by atoms with Crippen molar-refractivity contribution in [3.63, 3.8) is 0 Å². The van der Waals surface area contributed by atoms with E-state index in [2.05, 4.69) is 30.4 Å². The molecule has 3 rings (SSSR count).